The van der Waals surface area contributed by atoms with Crippen LogP contribution in [0.25, 0.3) is 5.69 Å². The minimum Gasteiger partial charge on any atom is -0.457 e. The van der Waals surface area contributed by atoms with Gasteiger partial charge in [0.25, 0.3) is 0 Å². The lowest BCUT2D eigenvalue weighted by atomic mass is 10.0. The maximum Gasteiger partial charge on any atom is 0.308 e. The van der Waals surface area contributed by atoms with Crippen LogP contribution in [-0.4, -0.2) is 32.1 Å². The molecule has 28 heavy (non-hydrogen) atoms. The zero-order valence-electron chi connectivity index (χ0n) is 15.7. The molecule has 1 N–H and O–H groups in total. The van der Waals surface area contributed by atoms with Crippen molar-refractivity contribution in [2.24, 2.45) is 0 Å². The average Bonchev–Trinajstić information content (AvgIpc) is 3.15. The van der Waals surface area contributed by atoms with Gasteiger partial charge < -0.3 is 10.1 Å². The molecular weight excluding hydrogens is 358 g/mol. The number of rotatable bonds is 7. The first-order valence-corrected chi connectivity index (χ1v) is 8.85. The second-order valence-electron chi connectivity index (χ2n) is 6.37. The van der Waals surface area contributed by atoms with Crippen molar-refractivity contribution in [3.8, 4) is 5.69 Å². The van der Waals surface area contributed by atoms with Crippen LogP contribution in [0.15, 0.2) is 54.6 Å². The predicted octanol–water partition coefficient (Wildman–Crippen LogP) is 2.28. The highest BCUT2D eigenvalue weighted by Gasteiger charge is 2.19. The normalized spacial score (nSPS) is 11.6. The number of tetrazole rings is 1. The van der Waals surface area contributed by atoms with E-state index in [-0.39, 0.29) is 18.9 Å². The summed E-state index contributed by atoms with van der Waals surface area (Å²) >= 11 is 0. The summed E-state index contributed by atoms with van der Waals surface area (Å²) in [7, 11) is 0. The summed E-state index contributed by atoms with van der Waals surface area (Å²) in [5, 5.41) is 14.3. The lowest BCUT2D eigenvalue weighted by Crippen LogP contribution is -2.28. The molecule has 0 bridgehead atoms. The number of carbonyl (C=O) groups excluding carboxylic acids is 2. The van der Waals surface area contributed by atoms with Crippen molar-refractivity contribution in [2.75, 3.05) is 0 Å². The minimum absolute atomic E-state index is 0.00947. The third-order valence-corrected chi connectivity index (χ3v) is 4.13. The number of aryl methyl sites for hydroxylation is 1. The van der Waals surface area contributed by atoms with Crippen LogP contribution < -0.4 is 5.32 Å². The Morgan fingerprint density at radius 1 is 1.11 bits per heavy atom. The second kappa shape index (κ2) is 8.90. The molecule has 8 nitrogen and oxygen atoms in total. The molecule has 0 spiro atoms. The van der Waals surface area contributed by atoms with Gasteiger partial charge in [0.05, 0.1) is 18.2 Å². The molecule has 1 heterocycles. The first kappa shape index (κ1) is 19.2. The standard InChI is InChI=1S/C20H21N5O3/c1-14-8-10-16(11-9-14)18(21-15(2)26)12-20(27)28-13-19-22-23-24-25(19)17-6-4-3-5-7-17/h3-11,18H,12-13H2,1-2H3,(H,21,26). The van der Waals surface area contributed by atoms with Gasteiger partial charge in [-0.1, -0.05) is 48.0 Å². The second-order valence-corrected chi connectivity index (χ2v) is 6.37. The fraction of sp³-hybridized carbons (Fsp3) is 0.250. The van der Waals surface area contributed by atoms with Crippen LogP contribution in [0.3, 0.4) is 0 Å². The van der Waals surface area contributed by atoms with Crippen molar-refractivity contribution in [1.82, 2.24) is 25.5 Å². The van der Waals surface area contributed by atoms with E-state index in [4.69, 9.17) is 4.74 Å². The molecule has 1 aromatic heterocycles. The molecule has 0 saturated heterocycles. The van der Waals surface area contributed by atoms with Gasteiger partial charge in [0.2, 0.25) is 5.91 Å². The maximum absolute atomic E-state index is 12.4. The van der Waals surface area contributed by atoms with Crippen molar-refractivity contribution >= 4 is 11.9 Å². The molecule has 2 aromatic carbocycles. The number of esters is 1. The topological polar surface area (TPSA) is 99.0 Å². The van der Waals surface area contributed by atoms with Gasteiger partial charge in [-0.25, -0.2) is 0 Å². The van der Waals surface area contributed by atoms with E-state index in [1.54, 1.807) is 0 Å². The predicted molar refractivity (Wildman–Crippen MR) is 101 cm³/mol. The van der Waals surface area contributed by atoms with Crippen LogP contribution in [-0.2, 0) is 20.9 Å². The highest BCUT2D eigenvalue weighted by molar-refractivity contribution is 5.76. The van der Waals surface area contributed by atoms with Gasteiger partial charge in [0.1, 0.15) is 0 Å². The molecule has 0 fully saturated rings. The number of nitrogens with zero attached hydrogens (tertiary/aromatic N) is 4. The number of hydrogen-bond acceptors (Lipinski definition) is 6. The summed E-state index contributed by atoms with van der Waals surface area (Å²) in [5.41, 5.74) is 2.71. The molecule has 144 valence electrons. The highest BCUT2D eigenvalue weighted by Crippen LogP contribution is 2.19. The summed E-state index contributed by atoms with van der Waals surface area (Å²) < 4.78 is 6.86. The van der Waals surface area contributed by atoms with E-state index >= 15 is 0 Å². The number of amides is 1. The number of aromatic nitrogens is 4. The average molecular weight is 379 g/mol. The molecule has 1 amide bonds. The lowest BCUT2D eigenvalue weighted by molar-refractivity contribution is -0.146. The Labute approximate surface area is 162 Å². The summed E-state index contributed by atoms with van der Waals surface area (Å²) in [4.78, 5) is 23.9. The molecule has 0 saturated carbocycles. The van der Waals surface area contributed by atoms with Crippen LogP contribution in [0.4, 0.5) is 0 Å². The van der Waals surface area contributed by atoms with Crippen molar-refractivity contribution in [1.29, 1.82) is 0 Å². The highest BCUT2D eigenvalue weighted by atomic mass is 16.5. The fourth-order valence-electron chi connectivity index (χ4n) is 2.73. The van der Waals surface area contributed by atoms with E-state index in [9.17, 15) is 9.59 Å². The van der Waals surface area contributed by atoms with E-state index in [0.717, 1.165) is 16.8 Å². The SMILES string of the molecule is CC(=O)NC(CC(=O)OCc1nnnn1-c1ccccc1)c1ccc(C)cc1. The Kier molecular flexibility index (Phi) is 6.11. The molecule has 0 aliphatic heterocycles. The zero-order valence-corrected chi connectivity index (χ0v) is 15.7. The van der Waals surface area contributed by atoms with Gasteiger partial charge in [-0.3, -0.25) is 9.59 Å². The van der Waals surface area contributed by atoms with Gasteiger partial charge in [-0.2, -0.15) is 4.68 Å². The molecule has 3 aromatic rings. The third kappa shape index (κ3) is 5.00. The third-order valence-electron chi connectivity index (χ3n) is 4.13. The van der Waals surface area contributed by atoms with Crippen LogP contribution in [0.2, 0.25) is 0 Å². The number of ether oxygens (including phenoxy) is 1. The van der Waals surface area contributed by atoms with Crippen molar-refractivity contribution in [3.05, 3.63) is 71.5 Å². The molecule has 8 heteroatoms. The number of hydrogen-bond donors (Lipinski definition) is 1. The zero-order chi connectivity index (χ0) is 19.9. The summed E-state index contributed by atoms with van der Waals surface area (Å²) in [6.45, 7) is 3.32. The van der Waals surface area contributed by atoms with Crippen molar-refractivity contribution in [2.45, 2.75) is 32.9 Å². The van der Waals surface area contributed by atoms with Crippen LogP contribution >= 0.6 is 0 Å². The fourth-order valence-corrected chi connectivity index (χ4v) is 2.73. The van der Waals surface area contributed by atoms with Crippen LogP contribution in [0.5, 0.6) is 0 Å². The van der Waals surface area contributed by atoms with Gasteiger partial charge in [-0.15, -0.1) is 5.10 Å². The summed E-state index contributed by atoms with van der Waals surface area (Å²) in [5.74, 6) is -0.265. The van der Waals surface area contributed by atoms with Crippen molar-refractivity contribution < 1.29 is 14.3 Å². The lowest BCUT2D eigenvalue weighted by Gasteiger charge is -2.18. The molecule has 0 aliphatic carbocycles. The molecule has 3 rings (SSSR count). The molecular formula is C20H21N5O3. The molecule has 1 unspecified atom stereocenters. The van der Waals surface area contributed by atoms with Crippen LogP contribution in [0, 0.1) is 6.92 Å². The van der Waals surface area contributed by atoms with E-state index in [1.807, 2.05) is 61.5 Å². The number of benzene rings is 2. The molecule has 0 aliphatic rings. The Morgan fingerprint density at radius 2 is 1.82 bits per heavy atom. The van der Waals surface area contributed by atoms with E-state index < -0.39 is 12.0 Å². The van der Waals surface area contributed by atoms with E-state index in [2.05, 4.69) is 20.8 Å². The quantitative estimate of drug-likeness (QED) is 0.632. The maximum atomic E-state index is 12.4. The van der Waals surface area contributed by atoms with Gasteiger partial charge in [0.15, 0.2) is 12.4 Å². The van der Waals surface area contributed by atoms with Gasteiger partial charge in [-0.05, 0) is 35.0 Å². The Bertz CT molecular complexity index is 938. The number of nitrogens with one attached hydrogen (secondary N) is 1. The largest absolute Gasteiger partial charge is 0.457 e. The molecule has 1 atom stereocenters. The Hall–Kier alpha value is -3.55. The van der Waals surface area contributed by atoms with E-state index in [1.165, 1.54) is 11.6 Å². The monoisotopic (exact) mass is 379 g/mol. The number of para-hydroxylation sites is 1. The minimum atomic E-state index is -0.462. The first-order valence-electron chi connectivity index (χ1n) is 8.85. The Morgan fingerprint density at radius 3 is 2.50 bits per heavy atom. The van der Waals surface area contributed by atoms with Gasteiger partial charge >= 0.3 is 5.97 Å². The van der Waals surface area contributed by atoms with Gasteiger partial charge in [0, 0.05) is 6.92 Å². The summed E-state index contributed by atoms with van der Waals surface area (Å²) in [6, 6.07) is 16.5. The number of carbonyl (C=O) groups is 2. The molecule has 0 radical (unpaired) electrons. The first-order chi connectivity index (χ1) is 13.5. The van der Waals surface area contributed by atoms with Crippen molar-refractivity contribution in [3.63, 3.8) is 0 Å². The van der Waals surface area contributed by atoms with Crippen LogP contribution in [0.1, 0.15) is 36.3 Å². The summed E-state index contributed by atoms with van der Waals surface area (Å²) in [6.07, 6.45) is 0.00947. The Balaban J connectivity index is 1.65. The smallest absolute Gasteiger partial charge is 0.308 e. The van der Waals surface area contributed by atoms with E-state index in [0.29, 0.717) is 5.82 Å².